The van der Waals surface area contributed by atoms with Gasteiger partial charge in [-0.15, -0.1) is 0 Å². The van der Waals surface area contributed by atoms with E-state index in [4.69, 9.17) is 27.9 Å². The van der Waals surface area contributed by atoms with Crippen LogP contribution in [0, 0.1) is 17.8 Å². The van der Waals surface area contributed by atoms with Crippen molar-refractivity contribution >= 4 is 35.1 Å². The van der Waals surface area contributed by atoms with E-state index in [2.05, 4.69) is 0 Å². The predicted octanol–water partition coefficient (Wildman–Crippen LogP) is 5.46. The lowest BCUT2D eigenvalue weighted by Crippen LogP contribution is -2.36. The Bertz CT molecular complexity index is 713. The maximum absolute atomic E-state index is 12.7. The van der Waals surface area contributed by atoms with Crippen LogP contribution in [0.1, 0.15) is 50.4 Å². The molecule has 1 aromatic rings. The quantitative estimate of drug-likeness (QED) is 0.636. The summed E-state index contributed by atoms with van der Waals surface area (Å²) in [6.07, 6.45) is 2.28. The predicted molar refractivity (Wildman–Crippen MR) is 103 cm³/mol. The summed E-state index contributed by atoms with van der Waals surface area (Å²) in [5.74, 6) is 1.15. The maximum Gasteiger partial charge on any atom is 0.410 e. The lowest BCUT2D eigenvalue weighted by molar-refractivity contribution is 0.0276. The highest BCUT2D eigenvalue weighted by atomic mass is 35.5. The van der Waals surface area contributed by atoms with Crippen molar-refractivity contribution in [3.63, 3.8) is 0 Å². The molecule has 0 bridgehead atoms. The van der Waals surface area contributed by atoms with Crippen molar-refractivity contribution in [2.75, 3.05) is 13.1 Å². The first-order valence-corrected chi connectivity index (χ1v) is 9.86. The molecule has 3 rings (SSSR count). The number of ether oxygens (including phenoxy) is 1. The lowest BCUT2D eigenvalue weighted by atomic mass is 9.87. The van der Waals surface area contributed by atoms with Gasteiger partial charge in [0.15, 0.2) is 5.78 Å². The monoisotopic (exact) mass is 397 g/mol. The highest BCUT2D eigenvalue weighted by molar-refractivity contribution is 6.36. The van der Waals surface area contributed by atoms with Crippen molar-refractivity contribution < 1.29 is 14.3 Å². The summed E-state index contributed by atoms with van der Waals surface area (Å²) in [5.41, 5.74) is 0.0386. The van der Waals surface area contributed by atoms with Crippen molar-refractivity contribution in [3.05, 3.63) is 33.8 Å². The summed E-state index contributed by atoms with van der Waals surface area (Å²) in [5, 5.41) is 0.926. The fourth-order valence-corrected chi connectivity index (χ4v) is 4.68. The minimum Gasteiger partial charge on any atom is -0.444 e. The summed E-state index contributed by atoms with van der Waals surface area (Å²) >= 11 is 12.1. The number of nitrogens with zero attached hydrogens (tertiary/aromatic N) is 1. The van der Waals surface area contributed by atoms with E-state index >= 15 is 0 Å². The van der Waals surface area contributed by atoms with Crippen molar-refractivity contribution in [2.24, 2.45) is 17.8 Å². The molecule has 1 saturated carbocycles. The normalized spacial score (nSPS) is 25.3. The zero-order chi connectivity index (χ0) is 19.1. The number of ketones is 1. The first kappa shape index (κ1) is 19.5. The molecule has 0 spiro atoms. The molecule has 1 heterocycles. The number of rotatable bonds is 3. The van der Waals surface area contributed by atoms with Crippen molar-refractivity contribution in [2.45, 2.75) is 45.6 Å². The van der Waals surface area contributed by atoms with Gasteiger partial charge in [-0.25, -0.2) is 4.79 Å². The number of carbonyl (C=O) groups is 2. The number of hydrogen-bond donors (Lipinski definition) is 0. The molecule has 2 fully saturated rings. The van der Waals surface area contributed by atoms with Crippen LogP contribution >= 0.6 is 23.2 Å². The molecule has 0 aromatic heterocycles. The third-order valence-electron chi connectivity index (χ3n) is 5.34. The number of benzene rings is 1. The molecule has 0 N–H and O–H groups in total. The third-order valence-corrected chi connectivity index (χ3v) is 5.88. The van der Waals surface area contributed by atoms with Gasteiger partial charge in [-0.2, -0.15) is 0 Å². The lowest BCUT2D eigenvalue weighted by Gasteiger charge is -2.25. The van der Waals surface area contributed by atoms with Gasteiger partial charge in [-0.3, -0.25) is 4.79 Å². The minimum atomic E-state index is -0.491. The highest BCUT2D eigenvalue weighted by Gasteiger charge is 2.45. The number of Topliss-reactive ketones (excluding diaryl/α,β-unsaturated/α-hetero) is 1. The van der Waals surface area contributed by atoms with E-state index in [0.717, 1.165) is 19.4 Å². The second kappa shape index (κ2) is 7.40. The summed E-state index contributed by atoms with van der Waals surface area (Å²) in [6, 6.07) is 4.99. The molecule has 1 aromatic carbocycles. The Morgan fingerprint density at radius 3 is 2.58 bits per heavy atom. The van der Waals surface area contributed by atoms with E-state index in [1.807, 2.05) is 20.8 Å². The second-order valence-electron chi connectivity index (χ2n) is 8.40. The SMILES string of the molecule is CC(C)(C)OC(=O)N1CC2CCC(CC(=O)c3ccc(Cl)cc3Cl)C2C1. The van der Waals surface area contributed by atoms with E-state index in [1.54, 1.807) is 23.1 Å². The Morgan fingerprint density at radius 2 is 1.92 bits per heavy atom. The molecule has 6 heteroatoms. The van der Waals surface area contributed by atoms with Gasteiger partial charge in [0.2, 0.25) is 0 Å². The van der Waals surface area contributed by atoms with E-state index in [9.17, 15) is 9.59 Å². The van der Waals surface area contributed by atoms with Gasteiger partial charge in [0.1, 0.15) is 5.60 Å². The summed E-state index contributed by atoms with van der Waals surface area (Å²) in [4.78, 5) is 26.8. The smallest absolute Gasteiger partial charge is 0.410 e. The van der Waals surface area contributed by atoms with Crippen LogP contribution in [0.25, 0.3) is 0 Å². The van der Waals surface area contributed by atoms with E-state index in [1.165, 1.54) is 0 Å². The zero-order valence-electron chi connectivity index (χ0n) is 15.4. The van der Waals surface area contributed by atoms with Crippen LogP contribution in [0.2, 0.25) is 10.0 Å². The molecule has 1 aliphatic heterocycles. The van der Waals surface area contributed by atoms with Crippen LogP contribution in [-0.2, 0) is 4.74 Å². The average molecular weight is 398 g/mol. The Labute approximate surface area is 164 Å². The first-order valence-electron chi connectivity index (χ1n) is 9.10. The molecular formula is C20H25Cl2NO3. The Balaban J connectivity index is 1.63. The largest absolute Gasteiger partial charge is 0.444 e. The van der Waals surface area contributed by atoms with Gasteiger partial charge in [-0.1, -0.05) is 23.2 Å². The van der Waals surface area contributed by atoms with Crippen LogP contribution in [0.4, 0.5) is 4.79 Å². The van der Waals surface area contributed by atoms with Crippen LogP contribution in [0.3, 0.4) is 0 Å². The van der Waals surface area contributed by atoms with Crippen molar-refractivity contribution in [1.29, 1.82) is 0 Å². The molecule has 1 aliphatic carbocycles. The number of carbonyl (C=O) groups excluding carboxylic acids is 2. The molecule has 0 radical (unpaired) electrons. The van der Waals surface area contributed by atoms with Gasteiger partial charge < -0.3 is 9.64 Å². The number of hydrogen-bond acceptors (Lipinski definition) is 3. The molecule has 26 heavy (non-hydrogen) atoms. The van der Waals surface area contributed by atoms with Crippen molar-refractivity contribution in [3.8, 4) is 0 Å². The fraction of sp³-hybridized carbons (Fsp3) is 0.600. The average Bonchev–Trinajstić information content (AvgIpc) is 3.07. The maximum atomic E-state index is 12.7. The molecule has 1 amide bonds. The number of fused-ring (bicyclic) bond motifs is 1. The Morgan fingerprint density at radius 1 is 1.19 bits per heavy atom. The first-order chi connectivity index (χ1) is 12.1. The minimum absolute atomic E-state index is 0.0491. The summed E-state index contributed by atoms with van der Waals surface area (Å²) in [7, 11) is 0. The molecule has 2 aliphatic rings. The third kappa shape index (κ3) is 4.34. The fourth-order valence-electron chi connectivity index (χ4n) is 4.17. The molecule has 3 atom stereocenters. The highest BCUT2D eigenvalue weighted by Crippen LogP contribution is 2.44. The van der Waals surface area contributed by atoms with Crippen LogP contribution < -0.4 is 0 Å². The summed E-state index contributed by atoms with van der Waals surface area (Å²) < 4.78 is 5.49. The van der Waals surface area contributed by atoms with Crippen LogP contribution in [-0.4, -0.2) is 35.5 Å². The second-order valence-corrected chi connectivity index (χ2v) is 9.24. The van der Waals surface area contributed by atoms with Crippen LogP contribution in [0.15, 0.2) is 18.2 Å². The number of halogens is 2. The van der Waals surface area contributed by atoms with E-state index in [0.29, 0.717) is 40.4 Å². The zero-order valence-corrected chi connectivity index (χ0v) is 16.9. The topological polar surface area (TPSA) is 46.6 Å². The van der Waals surface area contributed by atoms with Gasteiger partial charge in [-0.05, 0) is 69.6 Å². The molecule has 1 saturated heterocycles. The molecular weight excluding hydrogens is 373 g/mol. The Kier molecular flexibility index (Phi) is 5.55. The Hall–Kier alpha value is -1.26. The van der Waals surface area contributed by atoms with E-state index in [-0.39, 0.29) is 17.8 Å². The molecule has 4 nitrogen and oxygen atoms in total. The van der Waals surface area contributed by atoms with Gasteiger partial charge in [0, 0.05) is 30.1 Å². The van der Waals surface area contributed by atoms with Crippen molar-refractivity contribution in [1.82, 2.24) is 4.90 Å². The number of amides is 1. The van der Waals surface area contributed by atoms with Gasteiger partial charge in [0.25, 0.3) is 0 Å². The molecule has 142 valence electrons. The number of likely N-dealkylation sites (tertiary alicyclic amines) is 1. The summed E-state index contributed by atoms with van der Waals surface area (Å²) in [6.45, 7) is 7.02. The van der Waals surface area contributed by atoms with Gasteiger partial charge in [0.05, 0.1) is 5.02 Å². The van der Waals surface area contributed by atoms with Gasteiger partial charge >= 0.3 is 6.09 Å². The van der Waals surface area contributed by atoms with E-state index < -0.39 is 5.60 Å². The van der Waals surface area contributed by atoms with Crippen LogP contribution in [0.5, 0.6) is 0 Å². The standard InChI is InChI=1S/C20H25Cl2NO3/c1-20(2,3)26-19(25)23-10-13-5-4-12(16(13)11-23)8-18(24)15-7-6-14(21)9-17(15)22/h6-7,9,12-13,16H,4-5,8,10-11H2,1-3H3. The molecule has 3 unspecified atom stereocenters.